The van der Waals surface area contributed by atoms with Crippen LogP contribution in [0, 0.1) is 11.3 Å². The predicted molar refractivity (Wildman–Crippen MR) is 65.3 cm³/mol. The van der Waals surface area contributed by atoms with Gasteiger partial charge in [0.1, 0.15) is 6.07 Å². The number of benzene rings is 1. The zero-order chi connectivity index (χ0) is 12.5. The maximum absolute atomic E-state index is 13.3. The molecule has 0 amide bonds. The Balaban J connectivity index is 2.33. The van der Waals surface area contributed by atoms with E-state index in [9.17, 15) is 8.78 Å². The summed E-state index contributed by atoms with van der Waals surface area (Å²) in [6, 6.07) is 7.15. The van der Waals surface area contributed by atoms with Crippen molar-refractivity contribution in [3.8, 4) is 6.07 Å². The Bertz CT molecular complexity index is 468. The van der Waals surface area contributed by atoms with Crippen LogP contribution < -0.4 is 4.90 Å². The SMILES string of the molecule is N#Cc1ccc(Br)cc1N1CCCC(F)(F)C1. The molecule has 2 nitrogen and oxygen atoms in total. The van der Waals surface area contributed by atoms with Crippen LogP contribution in [0.4, 0.5) is 14.5 Å². The van der Waals surface area contributed by atoms with Crippen LogP contribution in [0.5, 0.6) is 0 Å². The largest absolute Gasteiger partial charge is 0.364 e. The van der Waals surface area contributed by atoms with E-state index in [0.29, 0.717) is 24.2 Å². The lowest BCUT2D eigenvalue weighted by Gasteiger charge is -2.34. The molecule has 0 saturated carbocycles. The minimum Gasteiger partial charge on any atom is -0.364 e. The summed E-state index contributed by atoms with van der Waals surface area (Å²) in [5.41, 5.74) is 1.02. The molecule has 2 rings (SSSR count). The van der Waals surface area contributed by atoms with Gasteiger partial charge in [-0.15, -0.1) is 0 Å². The van der Waals surface area contributed by atoms with Crippen molar-refractivity contribution in [2.45, 2.75) is 18.8 Å². The lowest BCUT2D eigenvalue weighted by Crippen LogP contribution is -2.42. The van der Waals surface area contributed by atoms with E-state index in [1.54, 1.807) is 23.1 Å². The zero-order valence-corrected chi connectivity index (χ0v) is 10.7. The highest BCUT2D eigenvalue weighted by Crippen LogP contribution is 2.32. The predicted octanol–water partition coefficient (Wildman–Crippen LogP) is 3.56. The highest BCUT2D eigenvalue weighted by Gasteiger charge is 2.35. The summed E-state index contributed by atoms with van der Waals surface area (Å²) in [6.07, 6.45) is 0.379. The number of alkyl halides is 2. The zero-order valence-electron chi connectivity index (χ0n) is 9.09. The molecular weight excluding hydrogens is 290 g/mol. The van der Waals surface area contributed by atoms with Crippen LogP contribution >= 0.6 is 15.9 Å². The summed E-state index contributed by atoms with van der Waals surface area (Å²) in [4.78, 5) is 1.59. The molecule has 1 heterocycles. The molecule has 1 aromatic carbocycles. The molecule has 0 spiro atoms. The minimum atomic E-state index is -2.66. The number of nitriles is 1. The van der Waals surface area contributed by atoms with Crippen LogP contribution in [0.25, 0.3) is 0 Å². The third-order valence-corrected chi connectivity index (χ3v) is 3.31. The number of halogens is 3. The average Bonchev–Trinajstić information content (AvgIpc) is 2.27. The van der Waals surface area contributed by atoms with Crippen molar-refractivity contribution >= 4 is 21.6 Å². The second-order valence-corrected chi connectivity index (χ2v) is 5.07. The number of rotatable bonds is 1. The van der Waals surface area contributed by atoms with Crippen molar-refractivity contribution < 1.29 is 8.78 Å². The summed E-state index contributed by atoms with van der Waals surface area (Å²) in [5.74, 6) is -2.66. The lowest BCUT2D eigenvalue weighted by atomic mass is 10.0. The van der Waals surface area contributed by atoms with Gasteiger partial charge in [0.05, 0.1) is 17.8 Å². The number of piperidine rings is 1. The van der Waals surface area contributed by atoms with Gasteiger partial charge in [-0.1, -0.05) is 15.9 Å². The maximum Gasteiger partial charge on any atom is 0.265 e. The molecule has 0 unspecified atom stereocenters. The van der Waals surface area contributed by atoms with Crippen LogP contribution in [-0.4, -0.2) is 19.0 Å². The molecule has 17 heavy (non-hydrogen) atoms. The van der Waals surface area contributed by atoms with E-state index in [1.807, 2.05) is 6.07 Å². The molecule has 1 aromatic rings. The standard InChI is InChI=1S/C12H11BrF2N2/c13-10-3-2-9(7-16)11(6-10)17-5-1-4-12(14,15)8-17/h2-3,6H,1,4-5,8H2. The van der Waals surface area contributed by atoms with Crippen molar-refractivity contribution in [1.82, 2.24) is 0 Å². The molecular formula is C12H11BrF2N2. The van der Waals surface area contributed by atoms with Crippen molar-refractivity contribution in [1.29, 1.82) is 5.26 Å². The van der Waals surface area contributed by atoms with E-state index >= 15 is 0 Å². The molecule has 1 aliphatic heterocycles. The second kappa shape index (κ2) is 4.61. The first-order chi connectivity index (χ1) is 8.02. The van der Waals surface area contributed by atoms with Gasteiger partial charge >= 0.3 is 0 Å². The molecule has 5 heteroatoms. The Hall–Kier alpha value is -1.15. The lowest BCUT2D eigenvalue weighted by molar-refractivity contribution is -0.0116. The van der Waals surface area contributed by atoms with Gasteiger partial charge in [-0.05, 0) is 24.6 Å². The normalized spacial score (nSPS) is 18.8. The van der Waals surface area contributed by atoms with E-state index in [1.165, 1.54) is 0 Å². The first-order valence-electron chi connectivity index (χ1n) is 5.34. The molecule has 0 radical (unpaired) electrons. The second-order valence-electron chi connectivity index (χ2n) is 4.15. The van der Waals surface area contributed by atoms with E-state index in [2.05, 4.69) is 15.9 Å². The van der Waals surface area contributed by atoms with Crippen LogP contribution in [0.15, 0.2) is 22.7 Å². The summed E-state index contributed by atoms with van der Waals surface area (Å²) >= 11 is 3.30. The van der Waals surface area contributed by atoms with Gasteiger partial charge in [0, 0.05) is 17.4 Å². The molecule has 1 saturated heterocycles. The van der Waals surface area contributed by atoms with Gasteiger partial charge in [0.2, 0.25) is 0 Å². The van der Waals surface area contributed by atoms with Crippen molar-refractivity contribution in [3.63, 3.8) is 0 Å². The van der Waals surface area contributed by atoms with E-state index in [0.717, 1.165) is 4.47 Å². The van der Waals surface area contributed by atoms with Crippen molar-refractivity contribution in [3.05, 3.63) is 28.2 Å². The molecule has 1 aliphatic rings. The van der Waals surface area contributed by atoms with Crippen LogP contribution in [-0.2, 0) is 0 Å². The topological polar surface area (TPSA) is 27.0 Å². The Labute approximate surface area is 107 Å². The molecule has 0 aromatic heterocycles. The van der Waals surface area contributed by atoms with Gasteiger partial charge < -0.3 is 4.90 Å². The van der Waals surface area contributed by atoms with Gasteiger partial charge in [0.15, 0.2) is 0 Å². The van der Waals surface area contributed by atoms with Crippen LogP contribution in [0.3, 0.4) is 0 Å². The Morgan fingerprint density at radius 2 is 2.18 bits per heavy atom. The summed E-state index contributed by atoms with van der Waals surface area (Å²) < 4.78 is 27.5. The highest BCUT2D eigenvalue weighted by molar-refractivity contribution is 9.10. The molecule has 0 atom stereocenters. The highest BCUT2D eigenvalue weighted by atomic mass is 79.9. The molecule has 1 fully saturated rings. The minimum absolute atomic E-state index is 0.0700. The van der Waals surface area contributed by atoms with Gasteiger partial charge in [-0.2, -0.15) is 5.26 Å². The first kappa shape index (κ1) is 12.3. The number of hydrogen-bond donors (Lipinski definition) is 0. The quantitative estimate of drug-likeness (QED) is 0.793. The number of hydrogen-bond acceptors (Lipinski definition) is 2. The van der Waals surface area contributed by atoms with Crippen LogP contribution in [0.1, 0.15) is 18.4 Å². The monoisotopic (exact) mass is 300 g/mol. The van der Waals surface area contributed by atoms with Gasteiger partial charge in [-0.25, -0.2) is 8.78 Å². The Morgan fingerprint density at radius 3 is 2.82 bits per heavy atom. The van der Waals surface area contributed by atoms with Gasteiger partial charge in [0.25, 0.3) is 5.92 Å². The fourth-order valence-corrected chi connectivity index (χ4v) is 2.38. The fraction of sp³-hybridized carbons (Fsp3) is 0.417. The Morgan fingerprint density at radius 1 is 1.41 bits per heavy atom. The summed E-state index contributed by atoms with van der Waals surface area (Å²) in [5, 5.41) is 8.99. The third kappa shape index (κ3) is 2.75. The molecule has 0 bridgehead atoms. The fourth-order valence-electron chi connectivity index (χ4n) is 2.03. The van der Waals surface area contributed by atoms with E-state index in [-0.39, 0.29) is 13.0 Å². The number of nitrogens with zero attached hydrogens (tertiary/aromatic N) is 2. The molecule has 0 N–H and O–H groups in total. The maximum atomic E-state index is 13.3. The third-order valence-electron chi connectivity index (χ3n) is 2.81. The average molecular weight is 301 g/mol. The van der Waals surface area contributed by atoms with E-state index in [4.69, 9.17) is 5.26 Å². The molecule has 0 aliphatic carbocycles. The smallest absolute Gasteiger partial charge is 0.265 e. The number of anilines is 1. The van der Waals surface area contributed by atoms with Crippen molar-refractivity contribution in [2.75, 3.05) is 18.0 Å². The Kier molecular flexibility index (Phi) is 3.34. The summed E-state index contributed by atoms with van der Waals surface area (Å²) in [7, 11) is 0. The van der Waals surface area contributed by atoms with Gasteiger partial charge in [-0.3, -0.25) is 0 Å². The molecule has 90 valence electrons. The summed E-state index contributed by atoms with van der Waals surface area (Å²) in [6.45, 7) is 0.263. The first-order valence-corrected chi connectivity index (χ1v) is 6.13. The van der Waals surface area contributed by atoms with Crippen molar-refractivity contribution in [2.24, 2.45) is 0 Å². The van der Waals surface area contributed by atoms with E-state index < -0.39 is 5.92 Å². The van der Waals surface area contributed by atoms with Crippen LogP contribution in [0.2, 0.25) is 0 Å².